The summed E-state index contributed by atoms with van der Waals surface area (Å²) in [6, 6.07) is 10.1. The lowest BCUT2D eigenvalue weighted by atomic mass is 9.94. The Balaban J connectivity index is 1.66. The van der Waals surface area contributed by atoms with Gasteiger partial charge in [-0.25, -0.2) is 9.97 Å². The van der Waals surface area contributed by atoms with Crippen molar-refractivity contribution in [2.75, 3.05) is 13.1 Å². The Morgan fingerprint density at radius 2 is 2.08 bits per heavy atom. The molecule has 1 amide bonds. The number of hydrogen-bond donors (Lipinski definition) is 0. The zero-order valence-corrected chi connectivity index (χ0v) is 14.6. The molecule has 25 heavy (non-hydrogen) atoms. The maximum Gasteiger partial charge on any atom is 0.256 e. The van der Waals surface area contributed by atoms with Crippen LogP contribution in [0, 0.1) is 6.92 Å². The number of benzene rings is 1. The highest BCUT2D eigenvalue weighted by Gasteiger charge is 2.29. The lowest BCUT2D eigenvalue weighted by Crippen LogP contribution is -2.39. The van der Waals surface area contributed by atoms with Crippen molar-refractivity contribution in [3.63, 3.8) is 0 Å². The minimum Gasteiger partial charge on any atom is -0.347 e. The summed E-state index contributed by atoms with van der Waals surface area (Å²) >= 11 is 0. The van der Waals surface area contributed by atoms with Crippen LogP contribution < -0.4 is 0 Å². The van der Waals surface area contributed by atoms with E-state index in [0.717, 1.165) is 53.8 Å². The van der Waals surface area contributed by atoms with E-state index in [4.69, 9.17) is 0 Å². The Morgan fingerprint density at radius 1 is 1.24 bits per heavy atom. The molecule has 128 valence electrons. The van der Waals surface area contributed by atoms with E-state index in [1.807, 2.05) is 43.1 Å². The van der Waals surface area contributed by atoms with Crippen LogP contribution in [-0.2, 0) is 7.05 Å². The van der Waals surface area contributed by atoms with E-state index in [1.165, 1.54) is 0 Å². The van der Waals surface area contributed by atoms with Gasteiger partial charge in [-0.2, -0.15) is 0 Å². The Hall–Kier alpha value is -2.69. The third-order valence-corrected chi connectivity index (χ3v) is 5.35. The molecule has 5 heteroatoms. The molecule has 1 aliphatic heterocycles. The Kier molecular flexibility index (Phi) is 3.99. The molecule has 1 fully saturated rings. The third-order valence-electron chi connectivity index (χ3n) is 5.35. The summed E-state index contributed by atoms with van der Waals surface area (Å²) < 4.78 is 2.11. The average Bonchev–Trinajstić information content (AvgIpc) is 2.93. The van der Waals surface area contributed by atoms with Crippen molar-refractivity contribution in [3.05, 3.63) is 59.8 Å². The van der Waals surface area contributed by atoms with Crippen LogP contribution in [0.15, 0.2) is 42.9 Å². The van der Waals surface area contributed by atoms with Crippen molar-refractivity contribution >= 4 is 16.8 Å². The van der Waals surface area contributed by atoms with E-state index in [2.05, 4.69) is 20.6 Å². The monoisotopic (exact) mass is 334 g/mol. The molecule has 2 aromatic heterocycles. The van der Waals surface area contributed by atoms with E-state index >= 15 is 0 Å². The van der Waals surface area contributed by atoms with Gasteiger partial charge in [-0.15, -0.1) is 0 Å². The van der Waals surface area contributed by atoms with Crippen molar-refractivity contribution in [2.45, 2.75) is 25.7 Å². The predicted molar refractivity (Wildman–Crippen MR) is 97.6 cm³/mol. The van der Waals surface area contributed by atoms with Gasteiger partial charge in [-0.1, -0.05) is 18.2 Å². The van der Waals surface area contributed by atoms with Crippen LogP contribution in [0.5, 0.6) is 0 Å². The summed E-state index contributed by atoms with van der Waals surface area (Å²) in [6.45, 7) is 3.56. The molecule has 0 saturated carbocycles. The number of para-hydroxylation sites is 1. The summed E-state index contributed by atoms with van der Waals surface area (Å²) in [7, 11) is 2.02. The van der Waals surface area contributed by atoms with Gasteiger partial charge in [-0.05, 0) is 31.9 Å². The van der Waals surface area contributed by atoms with E-state index < -0.39 is 0 Å². The number of aryl methyl sites for hydroxylation is 1. The molecule has 3 heterocycles. The maximum absolute atomic E-state index is 13.3. The number of hydrogen-bond acceptors (Lipinski definition) is 3. The zero-order valence-electron chi connectivity index (χ0n) is 14.6. The van der Waals surface area contributed by atoms with Crippen LogP contribution in [0.25, 0.3) is 10.9 Å². The molecule has 1 atom stereocenters. The molecule has 3 aromatic rings. The lowest BCUT2D eigenvalue weighted by Gasteiger charge is -2.32. The molecule has 0 N–H and O–H groups in total. The van der Waals surface area contributed by atoms with Crippen LogP contribution >= 0.6 is 0 Å². The van der Waals surface area contributed by atoms with Crippen LogP contribution in [-0.4, -0.2) is 38.4 Å². The molecular weight excluding hydrogens is 312 g/mol. The molecule has 4 rings (SSSR count). The van der Waals surface area contributed by atoms with Crippen molar-refractivity contribution < 1.29 is 4.79 Å². The molecule has 0 bridgehead atoms. The van der Waals surface area contributed by atoms with Gasteiger partial charge in [0.25, 0.3) is 5.91 Å². The van der Waals surface area contributed by atoms with Crippen molar-refractivity contribution in [1.82, 2.24) is 19.4 Å². The summed E-state index contributed by atoms with van der Waals surface area (Å²) in [5.74, 6) is 0.420. The second kappa shape index (κ2) is 6.31. The number of fused-ring (bicyclic) bond motifs is 1. The Labute approximate surface area is 147 Å². The summed E-state index contributed by atoms with van der Waals surface area (Å²) in [4.78, 5) is 23.7. The van der Waals surface area contributed by atoms with Gasteiger partial charge in [0.05, 0.1) is 5.56 Å². The van der Waals surface area contributed by atoms with E-state index in [1.54, 1.807) is 12.5 Å². The number of carbonyl (C=O) groups excluding carboxylic acids is 1. The summed E-state index contributed by atoms with van der Waals surface area (Å²) in [5, 5.41) is 1.04. The highest BCUT2D eigenvalue weighted by Crippen LogP contribution is 2.30. The van der Waals surface area contributed by atoms with Gasteiger partial charge in [0.2, 0.25) is 0 Å². The maximum atomic E-state index is 13.3. The van der Waals surface area contributed by atoms with E-state index in [-0.39, 0.29) is 11.8 Å². The first-order chi connectivity index (χ1) is 12.2. The van der Waals surface area contributed by atoms with Crippen LogP contribution in [0.3, 0.4) is 0 Å². The number of nitrogens with zero attached hydrogens (tertiary/aromatic N) is 4. The molecular formula is C20H22N4O. The fourth-order valence-electron chi connectivity index (χ4n) is 3.89. The van der Waals surface area contributed by atoms with Gasteiger partial charge in [0, 0.05) is 54.5 Å². The van der Waals surface area contributed by atoms with E-state index in [9.17, 15) is 4.79 Å². The number of rotatable bonds is 2. The topological polar surface area (TPSA) is 51.0 Å². The molecule has 1 aromatic carbocycles. The number of likely N-dealkylation sites (tertiary alicyclic amines) is 1. The van der Waals surface area contributed by atoms with E-state index in [0.29, 0.717) is 0 Å². The largest absolute Gasteiger partial charge is 0.347 e. The zero-order chi connectivity index (χ0) is 17.4. The van der Waals surface area contributed by atoms with Gasteiger partial charge in [0.15, 0.2) is 0 Å². The standard InChI is InChI=1S/C20H22N4O/c1-14-19(16-7-3-4-8-18(16)23(14)2)20(25)24-11-5-6-15(12-24)17-9-10-21-13-22-17/h3-4,7-10,13,15H,5-6,11-12H2,1-2H3/t15-/m1/s1. The minimum absolute atomic E-state index is 0.132. The van der Waals surface area contributed by atoms with Gasteiger partial charge >= 0.3 is 0 Å². The molecule has 0 unspecified atom stereocenters. The first kappa shape index (κ1) is 15.8. The van der Waals surface area contributed by atoms with Crippen molar-refractivity contribution in [1.29, 1.82) is 0 Å². The smallest absolute Gasteiger partial charge is 0.256 e. The SMILES string of the molecule is Cc1c(C(=O)N2CCC[C@@H](c3ccncn3)C2)c2ccccc2n1C. The van der Waals surface area contributed by atoms with Gasteiger partial charge < -0.3 is 9.47 Å². The fourth-order valence-corrected chi connectivity index (χ4v) is 3.89. The summed E-state index contributed by atoms with van der Waals surface area (Å²) in [6.07, 6.45) is 5.43. The molecule has 0 spiro atoms. The number of amides is 1. The first-order valence-electron chi connectivity index (χ1n) is 8.76. The molecule has 0 radical (unpaired) electrons. The highest BCUT2D eigenvalue weighted by molar-refractivity contribution is 6.08. The summed E-state index contributed by atoms with van der Waals surface area (Å²) in [5.41, 5.74) is 3.99. The predicted octanol–water partition coefficient (Wildman–Crippen LogP) is 3.30. The van der Waals surface area contributed by atoms with Crippen LogP contribution in [0.1, 0.15) is 40.5 Å². The number of carbonyl (C=O) groups is 1. The average molecular weight is 334 g/mol. The number of piperidine rings is 1. The van der Waals surface area contributed by atoms with Crippen LogP contribution in [0.4, 0.5) is 0 Å². The Bertz CT molecular complexity index is 916. The molecule has 1 saturated heterocycles. The highest BCUT2D eigenvalue weighted by atomic mass is 16.2. The van der Waals surface area contributed by atoms with Crippen molar-refractivity contribution in [3.8, 4) is 0 Å². The molecule has 5 nitrogen and oxygen atoms in total. The molecule has 1 aliphatic rings. The first-order valence-corrected chi connectivity index (χ1v) is 8.76. The van der Waals surface area contributed by atoms with Crippen LogP contribution in [0.2, 0.25) is 0 Å². The third kappa shape index (κ3) is 2.69. The quantitative estimate of drug-likeness (QED) is 0.722. The second-order valence-corrected chi connectivity index (χ2v) is 6.76. The second-order valence-electron chi connectivity index (χ2n) is 6.76. The van der Waals surface area contributed by atoms with Gasteiger partial charge in [0.1, 0.15) is 6.33 Å². The Morgan fingerprint density at radius 3 is 2.88 bits per heavy atom. The van der Waals surface area contributed by atoms with Crippen molar-refractivity contribution in [2.24, 2.45) is 7.05 Å². The number of aromatic nitrogens is 3. The normalized spacial score (nSPS) is 17.8. The molecule has 0 aliphatic carbocycles. The lowest BCUT2D eigenvalue weighted by molar-refractivity contribution is 0.0707. The van der Waals surface area contributed by atoms with Gasteiger partial charge in [-0.3, -0.25) is 4.79 Å². The fraction of sp³-hybridized carbons (Fsp3) is 0.350. The minimum atomic E-state index is 0.132.